The van der Waals surface area contributed by atoms with Crippen LogP contribution >= 0.6 is 22.9 Å². The van der Waals surface area contributed by atoms with E-state index in [2.05, 4.69) is 9.64 Å². The molecule has 0 spiro atoms. The van der Waals surface area contributed by atoms with Crippen LogP contribution in [0.1, 0.15) is 34.2 Å². The van der Waals surface area contributed by atoms with Crippen molar-refractivity contribution < 1.29 is 13.9 Å². The molecule has 6 heteroatoms. The first-order valence-corrected chi connectivity index (χ1v) is 7.33. The van der Waals surface area contributed by atoms with Crippen LogP contribution in [0, 0.1) is 0 Å². The second-order valence-corrected chi connectivity index (χ2v) is 6.29. The van der Waals surface area contributed by atoms with Gasteiger partial charge in [0.2, 0.25) is 5.76 Å². The minimum Gasteiger partial charge on any atom is -0.463 e. The molecule has 20 heavy (non-hydrogen) atoms. The summed E-state index contributed by atoms with van der Waals surface area (Å²) < 4.78 is 10.9. The third-order valence-corrected chi connectivity index (χ3v) is 4.34. The number of furan rings is 1. The Kier molecular flexibility index (Phi) is 4.86. The highest BCUT2D eigenvalue weighted by molar-refractivity contribution is 7.16. The van der Waals surface area contributed by atoms with E-state index in [0.717, 1.165) is 16.6 Å². The van der Waals surface area contributed by atoms with E-state index in [4.69, 9.17) is 16.0 Å². The monoisotopic (exact) mass is 313 g/mol. The topological polar surface area (TPSA) is 42.7 Å². The molecule has 0 N–H and O–H groups in total. The van der Waals surface area contributed by atoms with Crippen molar-refractivity contribution in [1.29, 1.82) is 0 Å². The molecule has 0 saturated carbocycles. The number of ether oxygens (including phenoxy) is 1. The summed E-state index contributed by atoms with van der Waals surface area (Å²) in [5, 5.41) is 0. The normalized spacial score (nSPS) is 12.7. The standard InChI is InChI=1S/C14H16ClNO3S/c1-9(11-5-6-12(19-11)14(17)18-3)16(2)8-10-4-7-13(15)20-10/h4-7,9H,8H2,1-3H3/t9-/m0/s1. The van der Waals surface area contributed by atoms with Gasteiger partial charge >= 0.3 is 5.97 Å². The van der Waals surface area contributed by atoms with Crippen LogP contribution in [0.2, 0.25) is 4.34 Å². The molecule has 2 heterocycles. The van der Waals surface area contributed by atoms with Gasteiger partial charge in [-0.2, -0.15) is 0 Å². The van der Waals surface area contributed by atoms with Crippen molar-refractivity contribution in [3.63, 3.8) is 0 Å². The predicted molar refractivity (Wildman–Crippen MR) is 79.3 cm³/mol. The molecule has 0 bridgehead atoms. The van der Waals surface area contributed by atoms with Crippen molar-refractivity contribution in [2.24, 2.45) is 0 Å². The molecule has 0 unspecified atom stereocenters. The van der Waals surface area contributed by atoms with E-state index < -0.39 is 5.97 Å². The van der Waals surface area contributed by atoms with Crippen LogP contribution in [-0.2, 0) is 11.3 Å². The summed E-state index contributed by atoms with van der Waals surface area (Å²) >= 11 is 7.49. The number of thiophene rings is 1. The second kappa shape index (κ2) is 6.43. The molecule has 1 atom stereocenters. The van der Waals surface area contributed by atoms with Crippen LogP contribution in [-0.4, -0.2) is 25.0 Å². The highest BCUT2D eigenvalue weighted by atomic mass is 35.5. The average molecular weight is 314 g/mol. The number of hydrogen-bond acceptors (Lipinski definition) is 5. The molecule has 0 aromatic carbocycles. The molecule has 108 valence electrons. The van der Waals surface area contributed by atoms with Gasteiger partial charge in [0.25, 0.3) is 0 Å². The van der Waals surface area contributed by atoms with E-state index in [1.165, 1.54) is 12.0 Å². The highest BCUT2D eigenvalue weighted by Gasteiger charge is 2.19. The van der Waals surface area contributed by atoms with Crippen LogP contribution in [0.25, 0.3) is 0 Å². The molecule has 0 radical (unpaired) electrons. The Morgan fingerprint density at radius 2 is 2.20 bits per heavy atom. The van der Waals surface area contributed by atoms with E-state index in [1.807, 2.05) is 26.1 Å². The number of methoxy groups -OCH3 is 1. The summed E-state index contributed by atoms with van der Waals surface area (Å²) in [6.45, 7) is 2.79. The van der Waals surface area contributed by atoms with Crippen molar-refractivity contribution in [1.82, 2.24) is 4.90 Å². The van der Waals surface area contributed by atoms with E-state index >= 15 is 0 Å². The summed E-state index contributed by atoms with van der Waals surface area (Å²) in [7, 11) is 3.33. The van der Waals surface area contributed by atoms with Crippen molar-refractivity contribution in [2.75, 3.05) is 14.2 Å². The molecule has 2 aromatic heterocycles. The Hall–Kier alpha value is -1.30. The zero-order valence-electron chi connectivity index (χ0n) is 11.6. The fourth-order valence-corrected chi connectivity index (χ4v) is 2.98. The van der Waals surface area contributed by atoms with Crippen molar-refractivity contribution >= 4 is 28.9 Å². The number of esters is 1. The fraction of sp³-hybridized carbons (Fsp3) is 0.357. The Morgan fingerprint density at radius 3 is 2.80 bits per heavy atom. The predicted octanol–water partition coefficient (Wildman–Crippen LogP) is 3.97. The van der Waals surface area contributed by atoms with Gasteiger partial charge in [-0.15, -0.1) is 11.3 Å². The van der Waals surface area contributed by atoms with Gasteiger partial charge in [-0.05, 0) is 38.2 Å². The summed E-state index contributed by atoms with van der Waals surface area (Å²) in [5.41, 5.74) is 0. The van der Waals surface area contributed by atoms with Gasteiger partial charge in [0.1, 0.15) is 5.76 Å². The van der Waals surface area contributed by atoms with Gasteiger partial charge in [0.05, 0.1) is 17.5 Å². The van der Waals surface area contributed by atoms with E-state index in [-0.39, 0.29) is 11.8 Å². The van der Waals surface area contributed by atoms with Crippen molar-refractivity contribution in [3.8, 4) is 0 Å². The quantitative estimate of drug-likeness (QED) is 0.783. The number of hydrogen-bond donors (Lipinski definition) is 0. The average Bonchev–Trinajstić information content (AvgIpc) is 3.06. The van der Waals surface area contributed by atoms with E-state index in [1.54, 1.807) is 23.5 Å². The lowest BCUT2D eigenvalue weighted by molar-refractivity contribution is 0.0559. The zero-order chi connectivity index (χ0) is 14.7. The van der Waals surface area contributed by atoms with Crippen LogP contribution in [0.15, 0.2) is 28.7 Å². The Morgan fingerprint density at radius 1 is 1.45 bits per heavy atom. The van der Waals surface area contributed by atoms with E-state index in [0.29, 0.717) is 0 Å². The first-order valence-electron chi connectivity index (χ1n) is 6.13. The van der Waals surface area contributed by atoms with Gasteiger partial charge in [-0.25, -0.2) is 4.79 Å². The molecule has 4 nitrogen and oxygen atoms in total. The molecule has 2 aromatic rings. The lowest BCUT2D eigenvalue weighted by atomic mass is 10.2. The molecule has 2 rings (SSSR count). The van der Waals surface area contributed by atoms with Gasteiger partial charge < -0.3 is 9.15 Å². The van der Waals surface area contributed by atoms with Crippen LogP contribution < -0.4 is 0 Å². The van der Waals surface area contributed by atoms with Gasteiger partial charge in [-0.3, -0.25) is 4.90 Å². The first kappa shape index (κ1) is 15.1. The number of nitrogens with zero attached hydrogens (tertiary/aromatic N) is 1. The third-order valence-electron chi connectivity index (χ3n) is 3.12. The smallest absolute Gasteiger partial charge is 0.373 e. The van der Waals surface area contributed by atoms with Crippen molar-refractivity contribution in [2.45, 2.75) is 19.5 Å². The largest absolute Gasteiger partial charge is 0.463 e. The molecule has 0 aliphatic heterocycles. The zero-order valence-corrected chi connectivity index (χ0v) is 13.1. The van der Waals surface area contributed by atoms with Crippen LogP contribution in [0.5, 0.6) is 0 Å². The van der Waals surface area contributed by atoms with Gasteiger partial charge in [-0.1, -0.05) is 11.6 Å². The minimum absolute atomic E-state index is 0.0503. The molecular weight excluding hydrogens is 298 g/mol. The molecule has 0 fully saturated rings. The maximum atomic E-state index is 11.4. The molecule has 0 amide bonds. The van der Waals surface area contributed by atoms with Crippen molar-refractivity contribution in [3.05, 3.63) is 45.0 Å². The number of rotatable bonds is 5. The Balaban J connectivity index is 2.04. The lowest BCUT2D eigenvalue weighted by Gasteiger charge is -2.22. The van der Waals surface area contributed by atoms with Gasteiger partial charge in [0.15, 0.2) is 0 Å². The summed E-state index contributed by atoms with van der Waals surface area (Å²) in [6.07, 6.45) is 0. The second-order valence-electron chi connectivity index (χ2n) is 4.49. The summed E-state index contributed by atoms with van der Waals surface area (Å²) in [5.74, 6) is 0.494. The Labute approximate surface area is 126 Å². The SMILES string of the molecule is COC(=O)c1ccc([C@H](C)N(C)Cc2ccc(Cl)s2)o1. The highest BCUT2D eigenvalue weighted by Crippen LogP contribution is 2.27. The van der Waals surface area contributed by atoms with E-state index in [9.17, 15) is 4.79 Å². The number of carbonyl (C=O) groups is 1. The number of halogens is 1. The third kappa shape index (κ3) is 3.42. The van der Waals surface area contributed by atoms with Crippen LogP contribution in [0.4, 0.5) is 0 Å². The molecule has 0 aliphatic rings. The minimum atomic E-state index is -0.462. The maximum Gasteiger partial charge on any atom is 0.373 e. The molecule has 0 saturated heterocycles. The summed E-state index contributed by atoms with van der Waals surface area (Å²) in [6, 6.07) is 7.39. The molecular formula is C14H16ClNO3S. The van der Waals surface area contributed by atoms with Gasteiger partial charge in [0, 0.05) is 11.4 Å². The maximum absolute atomic E-state index is 11.4. The number of carbonyl (C=O) groups excluding carboxylic acids is 1. The lowest BCUT2D eigenvalue weighted by Crippen LogP contribution is -2.21. The Bertz CT molecular complexity index is 593. The fourth-order valence-electron chi connectivity index (χ4n) is 1.82. The first-order chi connectivity index (χ1) is 9.51. The van der Waals surface area contributed by atoms with Crippen LogP contribution in [0.3, 0.4) is 0 Å². The molecule has 0 aliphatic carbocycles. The summed E-state index contributed by atoms with van der Waals surface area (Å²) in [4.78, 5) is 14.7.